The highest BCUT2D eigenvalue weighted by atomic mass is 19.1. The van der Waals surface area contributed by atoms with Gasteiger partial charge in [0, 0.05) is 19.6 Å². The zero-order chi connectivity index (χ0) is 12.2. The van der Waals surface area contributed by atoms with E-state index in [2.05, 4.69) is 0 Å². The zero-order valence-corrected chi connectivity index (χ0v) is 9.92. The van der Waals surface area contributed by atoms with E-state index in [0.29, 0.717) is 18.0 Å². The van der Waals surface area contributed by atoms with E-state index in [1.165, 1.54) is 18.2 Å². The maximum absolute atomic E-state index is 12.8. The van der Waals surface area contributed by atoms with Crippen LogP contribution in [0.25, 0.3) is 0 Å². The average Bonchev–Trinajstić information content (AvgIpc) is 2.21. The van der Waals surface area contributed by atoms with Crippen LogP contribution in [0.1, 0.15) is 20.3 Å². The summed E-state index contributed by atoms with van der Waals surface area (Å²) in [5.74, 6) is 0.148. The number of benzene rings is 1. The van der Waals surface area contributed by atoms with E-state index in [4.69, 9.17) is 15.2 Å². The summed E-state index contributed by atoms with van der Waals surface area (Å²) in [6.07, 6.45) is 0.736. The third-order valence-electron chi connectivity index (χ3n) is 2.49. The second-order valence-electron chi connectivity index (χ2n) is 4.24. The number of anilines is 1. The molecule has 0 atom stereocenters. The minimum absolute atomic E-state index is 0.227. The number of methoxy groups -OCH3 is 1. The molecule has 4 heteroatoms. The first-order valence-electron chi connectivity index (χ1n) is 5.17. The Hall–Kier alpha value is -1.29. The zero-order valence-electron chi connectivity index (χ0n) is 9.92. The molecule has 0 radical (unpaired) electrons. The maximum atomic E-state index is 12.8. The minimum atomic E-state index is -0.359. The van der Waals surface area contributed by atoms with Crippen LogP contribution in [0.3, 0.4) is 0 Å². The molecule has 16 heavy (non-hydrogen) atoms. The van der Waals surface area contributed by atoms with Crippen LogP contribution in [0.2, 0.25) is 0 Å². The summed E-state index contributed by atoms with van der Waals surface area (Å²) in [5, 5.41) is 0. The Balaban J connectivity index is 2.49. The van der Waals surface area contributed by atoms with Gasteiger partial charge in [-0.25, -0.2) is 4.39 Å². The smallest absolute Gasteiger partial charge is 0.142 e. The van der Waals surface area contributed by atoms with Gasteiger partial charge in [0.1, 0.15) is 11.6 Å². The van der Waals surface area contributed by atoms with E-state index >= 15 is 0 Å². The summed E-state index contributed by atoms with van der Waals surface area (Å²) in [4.78, 5) is 0. The van der Waals surface area contributed by atoms with Gasteiger partial charge in [-0.05, 0) is 26.0 Å². The fourth-order valence-electron chi connectivity index (χ4n) is 1.16. The number of hydrogen-bond donors (Lipinski definition) is 1. The Bertz CT molecular complexity index is 353. The van der Waals surface area contributed by atoms with Crippen LogP contribution in [0, 0.1) is 5.82 Å². The molecule has 1 rings (SSSR count). The first kappa shape index (κ1) is 12.8. The summed E-state index contributed by atoms with van der Waals surface area (Å²) < 4.78 is 23.5. The normalized spacial score (nSPS) is 11.5. The molecule has 2 N–H and O–H groups in total. The van der Waals surface area contributed by atoms with E-state index in [9.17, 15) is 4.39 Å². The highest BCUT2D eigenvalue weighted by molar-refractivity contribution is 5.52. The molecule has 0 fully saturated rings. The second-order valence-corrected chi connectivity index (χ2v) is 4.24. The van der Waals surface area contributed by atoms with E-state index in [1.807, 2.05) is 13.8 Å². The molecule has 0 aliphatic heterocycles. The largest absolute Gasteiger partial charge is 0.491 e. The van der Waals surface area contributed by atoms with Crippen molar-refractivity contribution in [3.8, 4) is 5.75 Å². The summed E-state index contributed by atoms with van der Waals surface area (Å²) in [5.41, 5.74) is 5.70. The summed E-state index contributed by atoms with van der Waals surface area (Å²) in [7, 11) is 1.66. The standard InChI is InChI=1S/C12H18FNO2/c1-12(2,15-3)6-7-16-11-5-4-9(13)8-10(11)14/h4-5,8H,6-7,14H2,1-3H3. The summed E-state index contributed by atoms with van der Waals surface area (Å²) in [6.45, 7) is 4.44. The van der Waals surface area contributed by atoms with Crippen LogP contribution in [0.5, 0.6) is 5.75 Å². The van der Waals surface area contributed by atoms with E-state index < -0.39 is 0 Å². The Morgan fingerprint density at radius 2 is 2.06 bits per heavy atom. The van der Waals surface area contributed by atoms with Gasteiger partial charge in [0.2, 0.25) is 0 Å². The van der Waals surface area contributed by atoms with Crippen molar-refractivity contribution in [2.75, 3.05) is 19.5 Å². The number of halogens is 1. The number of hydrogen-bond acceptors (Lipinski definition) is 3. The van der Waals surface area contributed by atoms with Gasteiger partial charge in [0.05, 0.1) is 17.9 Å². The fourth-order valence-corrected chi connectivity index (χ4v) is 1.16. The Labute approximate surface area is 95.4 Å². The third-order valence-corrected chi connectivity index (χ3v) is 2.49. The number of nitrogens with two attached hydrogens (primary N) is 1. The Morgan fingerprint density at radius 1 is 1.38 bits per heavy atom. The quantitative estimate of drug-likeness (QED) is 0.786. The third kappa shape index (κ3) is 3.70. The van der Waals surface area contributed by atoms with Crippen LogP contribution >= 0.6 is 0 Å². The molecule has 90 valence electrons. The molecular weight excluding hydrogens is 209 g/mol. The second kappa shape index (κ2) is 5.16. The highest BCUT2D eigenvalue weighted by Crippen LogP contribution is 2.23. The lowest BCUT2D eigenvalue weighted by atomic mass is 10.1. The fraction of sp³-hybridized carbons (Fsp3) is 0.500. The minimum Gasteiger partial charge on any atom is -0.491 e. The molecule has 0 saturated heterocycles. The van der Waals surface area contributed by atoms with Crippen molar-refractivity contribution >= 4 is 5.69 Å². The number of rotatable bonds is 5. The number of ether oxygens (including phenoxy) is 2. The van der Waals surface area contributed by atoms with Crippen molar-refractivity contribution < 1.29 is 13.9 Å². The molecule has 3 nitrogen and oxygen atoms in total. The van der Waals surface area contributed by atoms with Crippen molar-refractivity contribution in [2.24, 2.45) is 0 Å². The van der Waals surface area contributed by atoms with E-state index in [1.54, 1.807) is 7.11 Å². The van der Waals surface area contributed by atoms with Gasteiger partial charge < -0.3 is 15.2 Å². The molecule has 0 unspecified atom stereocenters. The van der Waals surface area contributed by atoms with Crippen LogP contribution < -0.4 is 10.5 Å². The molecule has 1 aromatic rings. The molecule has 0 aliphatic carbocycles. The topological polar surface area (TPSA) is 44.5 Å². The van der Waals surface area contributed by atoms with E-state index in [0.717, 1.165) is 6.42 Å². The average molecular weight is 227 g/mol. The molecule has 0 aromatic heterocycles. The molecule has 1 aromatic carbocycles. The van der Waals surface area contributed by atoms with Crippen LogP contribution in [0.4, 0.5) is 10.1 Å². The first-order valence-corrected chi connectivity index (χ1v) is 5.17. The predicted octanol–water partition coefficient (Wildman–Crippen LogP) is 2.60. The Morgan fingerprint density at radius 3 is 2.62 bits per heavy atom. The lowest BCUT2D eigenvalue weighted by Crippen LogP contribution is -2.25. The van der Waals surface area contributed by atoms with Gasteiger partial charge in [-0.1, -0.05) is 0 Å². The van der Waals surface area contributed by atoms with Crippen molar-refractivity contribution in [1.82, 2.24) is 0 Å². The highest BCUT2D eigenvalue weighted by Gasteiger charge is 2.16. The summed E-state index contributed by atoms with van der Waals surface area (Å²) >= 11 is 0. The van der Waals surface area contributed by atoms with Gasteiger partial charge in [-0.15, -0.1) is 0 Å². The molecule has 0 amide bonds. The maximum Gasteiger partial charge on any atom is 0.142 e. The van der Waals surface area contributed by atoms with Gasteiger partial charge in [0.25, 0.3) is 0 Å². The summed E-state index contributed by atoms with van der Waals surface area (Å²) in [6, 6.07) is 4.11. The van der Waals surface area contributed by atoms with Crippen molar-refractivity contribution in [3.05, 3.63) is 24.0 Å². The predicted molar refractivity (Wildman–Crippen MR) is 62.0 cm³/mol. The molecule has 0 saturated carbocycles. The van der Waals surface area contributed by atoms with Gasteiger partial charge in [-0.3, -0.25) is 0 Å². The Kier molecular flexibility index (Phi) is 4.12. The van der Waals surface area contributed by atoms with E-state index in [-0.39, 0.29) is 11.4 Å². The van der Waals surface area contributed by atoms with Crippen molar-refractivity contribution in [3.63, 3.8) is 0 Å². The van der Waals surface area contributed by atoms with Crippen LogP contribution in [0.15, 0.2) is 18.2 Å². The molecule has 0 bridgehead atoms. The lowest BCUT2D eigenvalue weighted by molar-refractivity contribution is 0.00551. The van der Waals surface area contributed by atoms with Crippen LogP contribution in [-0.2, 0) is 4.74 Å². The van der Waals surface area contributed by atoms with Gasteiger partial charge in [-0.2, -0.15) is 0 Å². The van der Waals surface area contributed by atoms with Crippen molar-refractivity contribution in [2.45, 2.75) is 25.9 Å². The van der Waals surface area contributed by atoms with Crippen LogP contribution in [-0.4, -0.2) is 19.3 Å². The first-order chi connectivity index (χ1) is 7.44. The van der Waals surface area contributed by atoms with Gasteiger partial charge in [0.15, 0.2) is 0 Å². The lowest BCUT2D eigenvalue weighted by Gasteiger charge is -2.22. The molecule has 0 aliphatic rings. The molecule has 0 spiro atoms. The number of nitrogen functional groups attached to an aromatic ring is 1. The molecule has 0 heterocycles. The SMILES string of the molecule is COC(C)(C)CCOc1ccc(F)cc1N. The van der Waals surface area contributed by atoms with Crippen molar-refractivity contribution in [1.29, 1.82) is 0 Å². The monoisotopic (exact) mass is 227 g/mol. The molecular formula is C12H18FNO2. The van der Waals surface area contributed by atoms with Gasteiger partial charge >= 0.3 is 0 Å².